The van der Waals surface area contributed by atoms with Gasteiger partial charge in [0.2, 0.25) is 0 Å². The standard InChI is InChI=1S/C16H16FNO2/c17-13-5-7-14(8-6-13)20-15-4-1-3-12(11-15)16(18-19)9-2-10-16/h1,3-8,11,18-19H,2,9-10H2. The maximum Gasteiger partial charge on any atom is 0.127 e. The van der Waals surface area contributed by atoms with E-state index in [9.17, 15) is 9.60 Å². The summed E-state index contributed by atoms with van der Waals surface area (Å²) in [6.45, 7) is 0. The van der Waals surface area contributed by atoms with Crippen molar-refractivity contribution in [2.75, 3.05) is 0 Å². The highest BCUT2D eigenvalue weighted by molar-refractivity contribution is 5.37. The summed E-state index contributed by atoms with van der Waals surface area (Å²) in [6.07, 6.45) is 2.91. The number of hydrogen-bond donors (Lipinski definition) is 2. The molecule has 1 fully saturated rings. The average Bonchev–Trinajstić information content (AvgIpc) is 2.41. The fourth-order valence-electron chi connectivity index (χ4n) is 2.49. The van der Waals surface area contributed by atoms with Crippen molar-refractivity contribution in [3.8, 4) is 11.5 Å². The number of halogens is 1. The summed E-state index contributed by atoms with van der Waals surface area (Å²) >= 11 is 0. The lowest BCUT2D eigenvalue weighted by atomic mass is 9.72. The predicted octanol–water partition coefficient (Wildman–Crippen LogP) is 3.98. The molecule has 3 nitrogen and oxygen atoms in total. The van der Waals surface area contributed by atoms with Crippen LogP contribution in [0.4, 0.5) is 4.39 Å². The highest BCUT2D eigenvalue weighted by Crippen LogP contribution is 2.41. The molecule has 1 aliphatic rings. The first-order chi connectivity index (χ1) is 9.72. The van der Waals surface area contributed by atoms with E-state index in [0.29, 0.717) is 11.5 Å². The summed E-state index contributed by atoms with van der Waals surface area (Å²) < 4.78 is 18.6. The minimum atomic E-state index is -0.345. The van der Waals surface area contributed by atoms with Crippen molar-refractivity contribution in [2.45, 2.75) is 24.8 Å². The molecule has 4 heteroatoms. The molecular weight excluding hydrogens is 257 g/mol. The van der Waals surface area contributed by atoms with Gasteiger partial charge in [-0.3, -0.25) is 0 Å². The molecule has 0 amide bonds. The van der Waals surface area contributed by atoms with Gasteiger partial charge in [-0.1, -0.05) is 12.1 Å². The first kappa shape index (κ1) is 13.1. The summed E-state index contributed by atoms with van der Waals surface area (Å²) in [7, 11) is 0. The molecule has 1 aliphatic carbocycles. The number of hydrogen-bond acceptors (Lipinski definition) is 3. The third-order valence-corrected chi connectivity index (χ3v) is 3.86. The molecule has 0 unspecified atom stereocenters. The summed E-state index contributed by atoms with van der Waals surface area (Å²) in [5.41, 5.74) is 3.08. The molecular formula is C16H16FNO2. The van der Waals surface area contributed by atoms with Crippen LogP contribution in [0.25, 0.3) is 0 Å². The normalized spacial score (nSPS) is 16.5. The first-order valence-electron chi connectivity index (χ1n) is 6.67. The Hall–Kier alpha value is -1.91. The van der Waals surface area contributed by atoms with Crippen molar-refractivity contribution in [2.24, 2.45) is 0 Å². The van der Waals surface area contributed by atoms with Crippen LogP contribution in [-0.4, -0.2) is 5.21 Å². The molecule has 0 aliphatic heterocycles. The van der Waals surface area contributed by atoms with Crippen molar-refractivity contribution in [3.05, 3.63) is 59.9 Å². The largest absolute Gasteiger partial charge is 0.457 e. The smallest absolute Gasteiger partial charge is 0.127 e. The van der Waals surface area contributed by atoms with Gasteiger partial charge in [-0.15, -0.1) is 0 Å². The van der Waals surface area contributed by atoms with Crippen LogP contribution in [0.1, 0.15) is 24.8 Å². The van der Waals surface area contributed by atoms with Gasteiger partial charge in [0.05, 0.1) is 5.54 Å². The van der Waals surface area contributed by atoms with Gasteiger partial charge in [0, 0.05) is 0 Å². The second-order valence-electron chi connectivity index (χ2n) is 5.13. The van der Waals surface area contributed by atoms with Crippen molar-refractivity contribution >= 4 is 0 Å². The highest BCUT2D eigenvalue weighted by atomic mass is 19.1. The van der Waals surface area contributed by atoms with Crippen molar-refractivity contribution < 1.29 is 14.3 Å². The predicted molar refractivity (Wildman–Crippen MR) is 73.4 cm³/mol. The Labute approximate surface area is 117 Å². The van der Waals surface area contributed by atoms with E-state index in [4.69, 9.17) is 4.74 Å². The zero-order valence-corrected chi connectivity index (χ0v) is 11.0. The maximum absolute atomic E-state index is 12.9. The van der Waals surface area contributed by atoms with E-state index >= 15 is 0 Å². The molecule has 0 radical (unpaired) electrons. The molecule has 2 aromatic carbocycles. The van der Waals surface area contributed by atoms with Crippen molar-refractivity contribution in [1.82, 2.24) is 5.48 Å². The topological polar surface area (TPSA) is 41.5 Å². The van der Waals surface area contributed by atoms with Crippen LogP contribution in [0.5, 0.6) is 11.5 Å². The summed E-state index contributed by atoms with van der Waals surface area (Å²) in [4.78, 5) is 0. The van der Waals surface area contributed by atoms with Gasteiger partial charge < -0.3 is 9.94 Å². The van der Waals surface area contributed by atoms with Crippen molar-refractivity contribution in [3.63, 3.8) is 0 Å². The molecule has 0 saturated heterocycles. The summed E-state index contributed by atoms with van der Waals surface area (Å²) in [5.74, 6) is 0.975. The lowest BCUT2D eigenvalue weighted by molar-refractivity contribution is 0.00816. The minimum absolute atomic E-state index is 0.288. The molecule has 104 valence electrons. The highest BCUT2D eigenvalue weighted by Gasteiger charge is 2.38. The van der Waals surface area contributed by atoms with E-state index in [1.165, 1.54) is 12.1 Å². The molecule has 0 heterocycles. The Bertz CT molecular complexity index is 588. The van der Waals surface area contributed by atoms with Gasteiger partial charge in [0.25, 0.3) is 0 Å². The summed E-state index contributed by atoms with van der Waals surface area (Å²) in [5, 5.41) is 9.37. The zero-order chi connectivity index (χ0) is 14.0. The second-order valence-corrected chi connectivity index (χ2v) is 5.13. The van der Waals surface area contributed by atoms with E-state index < -0.39 is 0 Å². The fourth-order valence-corrected chi connectivity index (χ4v) is 2.49. The van der Waals surface area contributed by atoms with Gasteiger partial charge in [0.15, 0.2) is 0 Å². The van der Waals surface area contributed by atoms with Gasteiger partial charge >= 0.3 is 0 Å². The van der Waals surface area contributed by atoms with Crippen LogP contribution in [0.2, 0.25) is 0 Å². The third-order valence-electron chi connectivity index (χ3n) is 3.86. The van der Waals surface area contributed by atoms with E-state index in [-0.39, 0.29) is 11.4 Å². The monoisotopic (exact) mass is 273 g/mol. The second kappa shape index (κ2) is 5.23. The van der Waals surface area contributed by atoms with Gasteiger partial charge in [-0.25, -0.2) is 4.39 Å². The minimum Gasteiger partial charge on any atom is -0.457 e. The van der Waals surface area contributed by atoms with Crippen LogP contribution in [0.3, 0.4) is 0 Å². The van der Waals surface area contributed by atoms with Crippen LogP contribution in [-0.2, 0) is 5.54 Å². The maximum atomic E-state index is 12.9. The van der Waals surface area contributed by atoms with Crippen LogP contribution < -0.4 is 10.2 Å². The Morgan fingerprint density at radius 3 is 2.40 bits per heavy atom. The Kier molecular flexibility index (Phi) is 3.42. The third kappa shape index (κ3) is 2.40. The molecule has 0 atom stereocenters. The number of rotatable bonds is 4. The molecule has 1 saturated carbocycles. The lowest BCUT2D eigenvalue weighted by Gasteiger charge is -2.41. The van der Waals surface area contributed by atoms with Crippen LogP contribution in [0, 0.1) is 5.82 Å². The number of nitrogens with one attached hydrogen (secondary N) is 1. The average molecular weight is 273 g/mol. The summed E-state index contributed by atoms with van der Waals surface area (Å²) in [6, 6.07) is 13.5. The quantitative estimate of drug-likeness (QED) is 0.828. The van der Waals surface area contributed by atoms with E-state index in [1.54, 1.807) is 12.1 Å². The van der Waals surface area contributed by atoms with Crippen LogP contribution in [0.15, 0.2) is 48.5 Å². The van der Waals surface area contributed by atoms with E-state index in [0.717, 1.165) is 24.8 Å². The Morgan fingerprint density at radius 2 is 1.80 bits per heavy atom. The SMILES string of the molecule is ONC1(c2cccc(Oc3ccc(F)cc3)c2)CCC1. The molecule has 2 N–H and O–H groups in total. The molecule has 20 heavy (non-hydrogen) atoms. The lowest BCUT2D eigenvalue weighted by Crippen LogP contribution is -2.46. The Balaban J connectivity index is 1.82. The zero-order valence-electron chi connectivity index (χ0n) is 11.0. The molecule has 0 aromatic heterocycles. The van der Waals surface area contributed by atoms with Gasteiger partial charge in [-0.2, -0.15) is 5.48 Å². The van der Waals surface area contributed by atoms with E-state index in [1.807, 2.05) is 24.3 Å². The number of benzene rings is 2. The van der Waals surface area contributed by atoms with E-state index in [2.05, 4.69) is 5.48 Å². The van der Waals surface area contributed by atoms with Crippen LogP contribution >= 0.6 is 0 Å². The number of ether oxygens (including phenoxy) is 1. The fraction of sp³-hybridized carbons (Fsp3) is 0.250. The number of hydroxylamine groups is 1. The van der Waals surface area contributed by atoms with Crippen molar-refractivity contribution in [1.29, 1.82) is 0 Å². The molecule has 3 rings (SSSR count). The van der Waals surface area contributed by atoms with Gasteiger partial charge in [0.1, 0.15) is 17.3 Å². The molecule has 2 aromatic rings. The first-order valence-corrected chi connectivity index (χ1v) is 6.67. The van der Waals surface area contributed by atoms with Gasteiger partial charge in [-0.05, 0) is 61.2 Å². The Morgan fingerprint density at radius 1 is 1.05 bits per heavy atom. The molecule has 0 bridgehead atoms. The molecule has 0 spiro atoms.